The molecule has 7 heteroatoms. The van der Waals surface area contributed by atoms with Gasteiger partial charge in [-0.05, 0) is 42.5 Å². The van der Waals surface area contributed by atoms with Gasteiger partial charge in [-0.1, -0.05) is 0 Å². The molecule has 2 N–H and O–H groups in total. The van der Waals surface area contributed by atoms with E-state index in [9.17, 15) is 9.18 Å². The lowest BCUT2D eigenvalue weighted by Gasteiger charge is -2.36. The number of nitrogens with one attached hydrogen (secondary N) is 2. The molecular weight excluding hydrogens is 371 g/mol. The molecule has 0 aromatic heterocycles. The van der Waals surface area contributed by atoms with Gasteiger partial charge >= 0.3 is 0 Å². The summed E-state index contributed by atoms with van der Waals surface area (Å²) in [6.45, 7) is 5.80. The van der Waals surface area contributed by atoms with E-state index in [2.05, 4.69) is 32.6 Å². The summed E-state index contributed by atoms with van der Waals surface area (Å²) in [5, 5.41) is 5.86. The van der Waals surface area contributed by atoms with Crippen LogP contribution in [0.2, 0.25) is 0 Å². The summed E-state index contributed by atoms with van der Waals surface area (Å²) in [4.78, 5) is 16.9. The second kappa shape index (κ2) is 8.63. The molecule has 4 rings (SSSR count). The zero-order valence-electron chi connectivity index (χ0n) is 16.5. The summed E-state index contributed by atoms with van der Waals surface area (Å²) in [7, 11) is 1.74. The molecule has 0 radical (unpaired) electrons. The molecule has 6 nitrogen and oxygen atoms in total. The van der Waals surface area contributed by atoms with E-state index in [-0.39, 0.29) is 11.7 Å². The number of methoxy groups -OCH3 is 1. The summed E-state index contributed by atoms with van der Waals surface area (Å²) < 4.78 is 18.5. The van der Waals surface area contributed by atoms with E-state index in [0.29, 0.717) is 16.8 Å². The molecule has 1 fully saturated rings. The van der Waals surface area contributed by atoms with Crippen LogP contribution in [0.15, 0.2) is 48.7 Å². The summed E-state index contributed by atoms with van der Waals surface area (Å²) in [5.41, 5.74) is 3.78. The molecule has 0 saturated carbocycles. The number of hydrogen-bond acceptors (Lipinski definition) is 5. The van der Waals surface area contributed by atoms with Crippen LogP contribution in [0.1, 0.15) is 5.56 Å². The Kier molecular flexibility index (Phi) is 5.78. The summed E-state index contributed by atoms with van der Waals surface area (Å²) in [6.07, 6.45) is 1.67. The fourth-order valence-corrected chi connectivity index (χ4v) is 3.68. The third-order valence-electron chi connectivity index (χ3n) is 5.36. The van der Waals surface area contributed by atoms with E-state index < -0.39 is 0 Å². The minimum atomic E-state index is -0.367. The number of fused-ring (bicyclic) bond motifs is 1. The van der Waals surface area contributed by atoms with Gasteiger partial charge in [0, 0.05) is 63.0 Å². The normalized spacial score (nSPS) is 18.1. The SMILES string of the molecule is COCCN1CCN(c2ccc(NC=C3C(=O)Nc4cc(F)ccc43)cc2)CC1. The molecule has 0 atom stereocenters. The zero-order chi connectivity index (χ0) is 20.2. The molecule has 2 aromatic rings. The fraction of sp³-hybridized carbons (Fsp3) is 0.318. The van der Waals surface area contributed by atoms with Crippen LogP contribution >= 0.6 is 0 Å². The van der Waals surface area contributed by atoms with Crippen molar-refractivity contribution in [2.45, 2.75) is 0 Å². The Bertz CT molecular complexity index is 906. The first-order valence-electron chi connectivity index (χ1n) is 9.78. The van der Waals surface area contributed by atoms with Gasteiger partial charge in [-0.15, -0.1) is 0 Å². The number of halogens is 1. The number of nitrogens with zero attached hydrogens (tertiary/aromatic N) is 2. The molecule has 1 amide bonds. The van der Waals surface area contributed by atoms with Crippen LogP contribution in [0, 0.1) is 5.82 Å². The van der Waals surface area contributed by atoms with E-state index in [1.165, 1.54) is 17.8 Å². The number of amides is 1. The Labute approximate surface area is 169 Å². The molecule has 0 aliphatic carbocycles. The summed E-state index contributed by atoms with van der Waals surface area (Å²) >= 11 is 0. The molecule has 152 valence electrons. The van der Waals surface area contributed by atoms with Crippen molar-refractivity contribution in [3.8, 4) is 0 Å². The van der Waals surface area contributed by atoms with Crippen LogP contribution in [-0.2, 0) is 9.53 Å². The summed E-state index contributed by atoms with van der Waals surface area (Å²) in [6, 6.07) is 12.5. The fourth-order valence-electron chi connectivity index (χ4n) is 3.68. The number of piperazine rings is 1. The standard InChI is InChI=1S/C22H25FN4O2/c1-29-13-12-26-8-10-27(11-9-26)18-5-3-17(4-6-18)24-15-20-19-7-2-16(23)14-21(19)25-22(20)28/h2-7,14-15,24H,8-13H2,1H3,(H,25,28). The summed E-state index contributed by atoms with van der Waals surface area (Å²) in [5.74, 6) is -0.602. The van der Waals surface area contributed by atoms with Gasteiger partial charge in [0.25, 0.3) is 5.91 Å². The average molecular weight is 396 g/mol. The van der Waals surface area contributed by atoms with Gasteiger partial charge in [0.1, 0.15) is 5.82 Å². The van der Waals surface area contributed by atoms with Gasteiger partial charge in [-0.25, -0.2) is 4.39 Å². The Morgan fingerprint density at radius 1 is 1.14 bits per heavy atom. The van der Waals surface area contributed by atoms with E-state index in [1.807, 2.05) is 12.1 Å². The van der Waals surface area contributed by atoms with Crippen LogP contribution in [0.3, 0.4) is 0 Å². The number of ether oxygens (including phenoxy) is 1. The monoisotopic (exact) mass is 396 g/mol. The van der Waals surface area contributed by atoms with Gasteiger partial charge in [0.15, 0.2) is 0 Å². The first kappa shape index (κ1) is 19.4. The average Bonchev–Trinajstić information content (AvgIpc) is 3.05. The lowest BCUT2D eigenvalue weighted by molar-refractivity contribution is -0.110. The lowest BCUT2D eigenvalue weighted by Crippen LogP contribution is -2.47. The molecule has 0 bridgehead atoms. The Balaban J connectivity index is 1.37. The third kappa shape index (κ3) is 4.41. The third-order valence-corrected chi connectivity index (χ3v) is 5.36. The maximum absolute atomic E-state index is 13.3. The van der Waals surface area contributed by atoms with Gasteiger partial charge in [-0.3, -0.25) is 9.69 Å². The van der Waals surface area contributed by atoms with E-state index in [0.717, 1.165) is 45.0 Å². The molecule has 29 heavy (non-hydrogen) atoms. The lowest BCUT2D eigenvalue weighted by atomic mass is 10.1. The maximum atomic E-state index is 13.3. The molecule has 2 aromatic carbocycles. The van der Waals surface area contributed by atoms with Gasteiger partial charge in [-0.2, -0.15) is 0 Å². The van der Waals surface area contributed by atoms with Crippen molar-refractivity contribution >= 4 is 28.5 Å². The predicted octanol–water partition coefficient (Wildman–Crippen LogP) is 3.00. The molecule has 2 aliphatic heterocycles. The Morgan fingerprint density at radius 3 is 2.62 bits per heavy atom. The maximum Gasteiger partial charge on any atom is 0.257 e. The van der Waals surface area contributed by atoms with Crippen molar-refractivity contribution < 1.29 is 13.9 Å². The van der Waals surface area contributed by atoms with Crippen molar-refractivity contribution in [1.29, 1.82) is 0 Å². The highest BCUT2D eigenvalue weighted by molar-refractivity contribution is 6.31. The van der Waals surface area contributed by atoms with Crippen molar-refractivity contribution in [2.75, 3.05) is 62.0 Å². The van der Waals surface area contributed by atoms with E-state index in [1.54, 1.807) is 19.4 Å². The Morgan fingerprint density at radius 2 is 1.90 bits per heavy atom. The van der Waals surface area contributed by atoms with Gasteiger partial charge < -0.3 is 20.3 Å². The number of rotatable bonds is 6. The molecule has 2 heterocycles. The number of benzene rings is 2. The molecule has 0 unspecified atom stereocenters. The largest absolute Gasteiger partial charge is 0.383 e. The first-order chi connectivity index (χ1) is 14.1. The quantitative estimate of drug-likeness (QED) is 0.736. The minimum absolute atomic E-state index is 0.235. The second-order valence-electron chi connectivity index (χ2n) is 7.21. The van der Waals surface area contributed by atoms with Crippen molar-refractivity contribution in [1.82, 2.24) is 4.90 Å². The Hall–Kier alpha value is -2.90. The highest BCUT2D eigenvalue weighted by Gasteiger charge is 2.24. The minimum Gasteiger partial charge on any atom is -0.383 e. The van der Waals surface area contributed by atoms with Crippen LogP contribution < -0.4 is 15.5 Å². The molecule has 1 saturated heterocycles. The number of hydrogen-bond donors (Lipinski definition) is 2. The van der Waals surface area contributed by atoms with Crippen molar-refractivity contribution in [3.05, 3.63) is 60.0 Å². The van der Waals surface area contributed by atoms with Crippen molar-refractivity contribution in [2.24, 2.45) is 0 Å². The van der Waals surface area contributed by atoms with Crippen LogP contribution in [0.4, 0.5) is 21.5 Å². The highest BCUT2D eigenvalue weighted by atomic mass is 19.1. The number of carbonyl (C=O) groups excluding carboxylic acids is 1. The molecular formula is C22H25FN4O2. The van der Waals surface area contributed by atoms with E-state index in [4.69, 9.17) is 4.74 Å². The van der Waals surface area contributed by atoms with E-state index >= 15 is 0 Å². The topological polar surface area (TPSA) is 56.8 Å². The second-order valence-corrected chi connectivity index (χ2v) is 7.21. The molecule has 0 spiro atoms. The van der Waals surface area contributed by atoms with Gasteiger partial charge in [0.05, 0.1) is 17.9 Å². The van der Waals surface area contributed by atoms with Crippen molar-refractivity contribution in [3.63, 3.8) is 0 Å². The van der Waals surface area contributed by atoms with Crippen LogP contribution in [0.5, 0.6) is 0 Å². The zero-order valence-corrected chi connectivity index (χ0v) is 16.5. The number of carbonyl (C=O) groups is 1. The first-order valence-corrected chi connectivity index (χ1v) is 9.78. The predicted molar refractivity (Wildman–Crippen MR) is 114 cm³/mol. The van der Waals surface area contributed by atoms with Crippen LogP contribution in [-0.4, -0.2) is 57.2 Å². The highest BCUT2D eigenvalue weighted by Crippen LogP contribution is 2.32. The number of anilines is 3. The van der Waals surface area contributed by atoms with Crippen LogP contribution in [0.25, 0.3) is 5.57 Å². The smallest absolute Gasteiger partial charge is 0.257 e. The molecule has 2 aliphatic rings. The van der Waals surface area contributed by atoms with Gasteiger partial charge in [0.2, 0.25) is 0 Å².